The number of hydrogen-bond donors (Lipinski definition) is 2. The Balaban J connectivity index is 2.60. The number of ether oxygens (including phenoxy) is 1. The van der Waals surface area contributed by atoms with Gasteiger partial charge in [-0.2, -0.15) is 0 Å². The first-order valence-electron chi connectivity index (χ1n) is 7.05. The summed E-state index contributed by atoms with van der Waals surface area (Å²) in [5, 5.41) is 14.2. The Morgan fingerprint density at radius 1 is 1.25 bits per heavy atom. The maximum atomic E-state index is 11.8. The van der Waals surface area contributed by atoms with E-state index in [9.17, 15) is 19.7 Å². The molecule has 0 fully saturated rings. The molecule has 8 heteroatoms. The molecular weight excluding hydrogens is 314 g/mol. The van der Waals surface area contributed by atoms with Gasteiger partial charge in [-0.25, -0.2) is 4.79 Å². The van der Waals surface area contributed by atoms with E-state index in [2.05, 4.69) is 5.32 Å². The molecule has 0 aliphatic heterocycles. The number of primary amides is 1. The minimum Gasteiger partial charge on any atom is -0.462 e. The van der Waals surface area contributed by atoms with Crippen LogP contribution in [-0.2, 0) is 4.74 Å². The molecule has 0 radical (unpaired) electrons. The van der Waals surface area contributed by atoms with Crippen LogP contribution in [0.1, 0.15) is 27.6 Å². The molecular formula is C16H15N3O5. The monoisotopic (exact) mass is 329 g/mol. The van der Waals surface area contributed by atoms with E-state index in [1.54, 1.807) is 37.3 Å². The number of nitro groups is 1. The highest BCUT2D eigenvalue weighted by Crippen LogP contribution is 2.33. The lowest BCUT2D eigenvalue weighted by molar-refractivity contribution is -0.384. The predicted octanol–water partition coefficient (Wildman–Crippen LogP) is 2.61. The van der Waals surface area contributed by atoms with Crippen LogP contribution in [0.15, 0.2) is 42.5 Å². The topological polar surface area (TPSA) is 125 Å². The van der Waals surface area contributed by atoms with Gasteiger partial charge in [0.2, 0.25) is 0 Å². The van der Waals surface area contributed by atoms with E-state index in [0.717, 1.165) is 6.07 Å². The quantitative estimate of drug-likeness (QED) is 0.477. The summed E-state index contributed by atoms with van der Waals surface area (Å²) in [6, 6.07) is 10.8. The number of rotatable bonds is 6. The number of nitro benzene ring substituents is 1. The third-order valence-electron chi connectivity index (χ3n) is 3.13. The molecule has 0 spiro atoms. The van der Waals surface area contributed by atoms with Gasteiger partial charge in [0.25, 0.3) is 11.6 Å². The van der Waals surface area contributed by atoms with Crippen LogP contribution in [0, 0.1) is 10.1 Å². The van der Waals surface area contributed by atoms with E-state index in [0.29, 0.717) is 5.69 Å². The first-order valence-corrected chi connectivity index (χ1v) is 7.05. The molecule has 0 aliphatic rings. The summed E-state index contributed by atoms with van der Waals surface area (Å²) in [6.45, 7) is 1.70. The largest absolute Gasteiger partial charge is 0.462 e. The third kappa shape index (κ3) is 3.67. The van der Waals surface area contributed by atoms with Crippen LogP contribution >= 0.6 is 0 Å². The number of carbonyl (C=O) groups excluding carboxylic acids is 2. The molecule has 0 saturated carbocycles. The number of nitrogens with two attached hydrogens (primary N) is 1. The molecule has 24 heavy (non-hydrogen) atoms. The summed E-state index contributed by atoms with van der Waals surface area (Å²) < 4.78 is 4.82. The minimum atomic E-state index is -0.900. The van der Waals surface area contributed by atoms with Gasteiger partial charge in [-0.05, 0) is 25.1 Å². The molecule has 0 unspecified atom stereocenters. The maximum Gasteiger partial charge on any atom is 0.338 e. The molecule has 2 rings (SSSR count). The summed E-state index contributed by atoms with van der Waals surface area (Å²) in [5.74, 6) is -1.67. The Hall–Kier alpha value is -3.42. The molecule has 3 N–H and O–H groups in total. The smallest absolute Gasteiger partial charge is 0.338 e. The standard InChI is InChI=1S/C16H15N3O5/c1-2-24-16(21)10-8-12(15(17)20)14(13(9-10)19(22)23)18-11-6-4-3-5-7-11/h3-9,18H,2H2,1H3,(H2,17,20). The lowest BCUT2D eigenvalue weighted by Gasteiger charge is -2.12. The Morgan fingerprint density at radius 2 is 1.92 bits per heavy atom. The molecule has 0 saturated heterocycles. The number of benzene rings is 2. The van der Waals surface area contributed by atoms with E-state index in [-0.39, 0.29) is 23.4 Å². The number of carbonyl (C=O) groups is 2. The van der Waals surface area contributed by atoms with Crippen LogP contribution in [0.25, 0.3) is 0 Å². The highest BCUT2D eigenvalue weighted by molar-refractivity contribution is 6.04. The van der Waals surface area contributed by atoms with Crippen LogP contribution < -0.4 is 11.1 Å². The normalized spacial score (nSPS) is 10.0. The van der Waals surface area contributed by atoms with E-state index < -0.39 is 22.5 Å². The van der Waals surface area contributed by atoms with Crippen LogP contribution in [-0.4, -0.2) is 23.4 Å². The summed E-state index contributed by atoms with van der Waals surface area (Å²) in [7, 11) is 0. The van der Waals surface area contributed by atoms with Crippen molar-refractivity contribution in [3.63, 3.8) is 0 Å². The summed E-state index contributed by atoms with van der Waals surface area (Å²) in [4.78, 5) is 34.3. The summed E-state index contributed by atoms with van der Waals surface area (Å²) in [6.07, 6.45) is 0. The zero-order valence-electron chi connectivity index (χ0n) is 12.8. The van der Waals surface area contributed by atoms with Crippen molar-refractivity contribution in [2.75, 3.05) is 11.9 Å². The van der Waals surface area contributed by atoms with Gasteiger partial charge in [-0.1, -0.05) is 18.2 Å². The second kappa shape index (κ2) is 7.23. The van der Waals surface area contributed by atoms with Gasteiger partial charge in [-0.3, -0.25) is 14.9 Å². The average molecular weight is 329 g/mol. The molecule has 0 aliphatic carbocycles. The van der Waals surface area contributed by atoms with Gasteiger partial charge in [0.05, 0.1) is 22.7 Å². The van der Waals surface area contributed by atoms with Crippen LogP contribution in [0.4, 0.5) is 17.1 Å². The van der Waals surface area contributed by atoms with Crippen molar-refractivity contribution in [3.8, 4) is 0 Å². The van der Waals surface area contributed by atoms with E-state index in [1.807, 2.05) is 0 Å². The Bertz CT molecular complexity index is 755. The van der Waals surface area contributed by atoms with Crippen LogP contribution in [0.3, 0.4) is 0 Å². The van der Waals surface area contributed by atoms with Crippen LogP contribution in [0.5, 0.6) is 0 Å². The van der Waals surface area contributed by atoms with Crippen molar-refractivity contribution in [2.45, 2.75) is 6.92 Å². The van der Waals surface area contributed by atoms with E-state index in [4.69, 9.17) is 10.5 Å². The molecule has 0 heterocycles. The van der Waals surface area contributed by atoms with Gasteiger partial charge in [0.15, 0.2) is 0 Å². The molecule has 2 aromatic carbocycles. The third-order valence-corrected chi connectivity index (χ3v) is 3.13. The van der Waals surface area contributed by atoms with E-state index >= 15 is 0 Å². The first-order chi connectivity index (χ1) is 11.4. The number of para-hydroxylation sites is 1. The fraction of sp³-hybridized carbons (Fsp3) is 0.125. The first kappa shape index (κ1) is 16.9. The molecule has 0 atom stereocenters. The average Bonchev–Trinajstić information content (AvgIpc) is 2.55. The van der Waals surface area contributed by atoms with Crippen LogP contribution in [0.2, 0.25) is 0 Å². The SMILES string of the molecule is CCOC(=O)c1cc(C(N)=O)c(Nc2ccccc2)c([N+](=O)[O-])c1. The van der Waals surface area contributed by atoms with Gasteiger partial charge < -0.3 is 15.8 Å². The molecule has 1 amide bonds. The van der Waals surface area contributed by atoms with Crippen molar-refractivity contribution in [1.82, 2.24) is 0 Å². The highest BCUT2D eigenvalue weighted by atomic mass is 16.6. The van der Waals surface area contributed by atoms with Gasteiger partial charge in [0, 0.05) is 11.8 Å². The summed E-state index contributed by atoms with van der Waals surface area (Å²) in [5.41, 5.74) is 5.05. The van der Waals surface area contributed by atoms with Crippen molar-refractivity contribution in [1.29, 1.82) is 0 Å². The Labute approximate surface area is 137 Å². The maximum absolute atomic E-state index is 11.8. The van der Waals surface area contributed by atoms with Crippen molar-refractivity contribution < 1.29 is 19.2 Å². The molecule has 0 aromatic heterocycles. The molecule has 124 valence electrons. The van der Waals surface area contributed by atoms with Gasteiger partial charge in [0.1, 0.15) is 5.69 Å². The summed E-state index contributed by atoms with van der Waals surface area (Å²) >= 11 is 0. The van der Waals surface area contributed by atoms with E-state index in [1.165, 1.54) is 6.07 Å². The second-order valence-electron chi connectivity index (χ2n) is 4.75. The molecule has 2 aromatic rings. The molecule has 0 bridgehead atoms. The number of nitrogens with zero attached hydrogens (tertiary/aromatic N) is 1. The zero-order valence-corrected chi connectivity index (χ0v) is 12.8. The second-order valence-corrected chi connectivity index (χ2v) is 4.75. The Kier molecular flexibility index (Phi) is 5.10. The highest BCUT2D eigenvalue weighted by Gasteiger charge is 2.25. The number of esters is 1. The Morgan fingerprint density at radius 3 is 2.46 bits per heavy atom. The lowest BCUT2D eigenvalue weighted by Crippen LogP contribution is -2.16. The number of amides is 1. The lowest BCUT2D eigenvalue weighted by atomic mass is 10.1. The van der Waals surface area contributed by atoms with Crippen molar-refractivity contribution in [3.05, 3.63) is 63.7 Å². The fourth-order valence-electron chi connectivity index (χ4n) is 2.09. The number of anilines is 2. The number of hydrogen-bond acceptors (Lipinski definition) is 6. The molecule has 8 nitrogen and oxygen atoms in total. The van der Waals surface area contributed by atoms with Crippen molar-refractivity contribution in [2.24, 2.45) is 5.73 Å². The zero-order chi connectivity index (χ0) is 17.7. The minimum absolute atomic E-state index is 0.0771. The number of nitrogens with one attached hydrogen (secondary N) is 1. The van der Waals surface area contributed by atoms with Gasteiger partial charge in [-0.15, -0.1) is 0 Å². The predicted molar refractivity (Wildman–Crippen MR) is 87.3 cm³/mol. The fourth-order valence-corrected chi connectivity index (χ4v) is 2.09. The van der Waals surface area contributed by atoms with Gasteiger partial charge >= 0.3 is 5.97 Å². The van der Waals surface area contributed by atoms with Crippen molar-refractivity contribution >= 4 is 28.9 Å².